The second-order valence-electron chi connectivity index (χ2n) is 7.64. The first-order chi connectivity index (χ1) is 16.2. The summed E-state index contributed by atoms with van der Waals surface area (Å²) < 4.78 is 1.75. The number of aromatic nitrogens is 4. The number of nitrogens with one attached hydrogen (secondary N) is 2. The monoisotopic (exact) mass is 438 g/mol. The number of benzene rings is 2. The minimum Gasteiger partial charge on any atom is -0.326 e. The molecule has 2 aromatic heterocycles. The number of carbonyl (C=O) groups is 1. The van der Waals surface area contributed by atoms with E-state index in [1.807, 2.05) is 67.1 Å². The predicted octanol–water partition coefficient (Wildman–Crippen LogP) is 2.86. The van der Waals surface area contributed by atoms with Crippen molar-refractivity contribution in [2.24, 2.45) is 5.73 Å². The minimum absolute atomic E-state index is 0.0284. The van der Waals surface area contributed by atoms with Crippen LogP contribution >= 0.6 is 0 Å². The first-order valence-corrected chi connectivity index (χ1v) is 10.9. The number of aryl methyl sites for hydroxylation is 1. The van der Waals surface area contributed by atoms with E-state index in [4.69, 9.17) is 5.73 Å². The molecule has 0 saturated carbocycles. The smallest absolute Gasteiger partial charge is 0.176 e. The van der Waals surface area contributed by atoms with Crippen molar-refractivity contribution in [1.29, 1.82) is 0 Å². The van der Waals surface area contributed by atoms with Gasteiger partial charge in [0.15, 0.2) is 5.78 Å². The van der Waals surface area contributed by atoms with Gasteiger partial charge in [0.25, 0.3) is 0 Å². The molecule has 2 aromatic carbocycles. The quantitative estimate of drug-likeness (QED) is 0.212. The first-order valence-electron chi connectivity index (χ1n) is 10.9. The maximum atomic E-state index is 12.8. The summed E-state index contributed by atoms with van der Waals surface area (Å²) in [6.07, 6.45) is 9.14. The maximum Gasteiger partial charge on any atom is 0.176 e. The van der Waals surface area contributed by atoms with Crippen LogP contribution in [0.2, 0.25) is 0 Å². The Morgan fingerprint density at radius 3 is 2.73 bits per heavy atom. The molecule has 0 aliphatic heterocycles. The Hall–Kier alpha value is -3.99. The van der Waals surface area contributed by atoms with Crippen LogP contribution in [0.3, 0.4) is 0 Å². The molecule has 0 unspecified atom stereocenters. The lowest BCUT2D eigenvalue weighted by molar-refractivity contribution is 0.0991. The van der Waals surface area contributed by atoms with Gasteiger partial charge in [-0.2, -0.15) is 10.2 Å². The zero-order valence-electron chi connectivity index (χ0n) is 18.3. The van der Waals surface area contributed by atoms with E-state index in [0.29, 0.717) is 12.1 Å². The molecule has 0 bridgehead atoms. The van der Waals surface area contributed by atoms with Crippen molar-refractivity contribution in [2.75, 3.05) is 13.1 Å². The van der Waals surface area contributed by atoms with Crippen molar-refractivity contribution in [3.8, 4) is 17.5 Å². The molecule has 0 fully saturated rings. The fourth-order valence-electron chi connectivity index (χ4n) is 3.42. The van der Waals surface area contributed by atoms with E-state index < -0.39 is 0 Å². The molecular weight excluding hydrogens is 412 g/mol. The van der Waals surface area contributed by atoms with Crippen LogP contribution in [-0.4, -0.2) is 38.9 Å². The van der Waals surface area contributed by atoms with E-state index in [1.54, 1.807) is 10.9 Å². The van der Waals surface area contributed by atoms with Crippen molar-refractivity contribution >= 4 is 5.78 Å². The van der Waals surface area contributed by atoms with Crippen LogP contribution in [0.25, 0.3) is 5.69 Å². The molecule has 7 nitrogen and oxygen atoms in total. The molecule has 0 radical (unpaired) electrons. The third-order valence-electron chi connectivity index (χ3n) is 5.26. The highest BCUT2D eigenvalue weighted by Gasteiger charge is 2.10. The number of nitrogens with zero attached hydrogens (tertiary/aromatic N) is 3. The fraction of sp³-hybridized carbons (Fsp3) is 0.192. The van der Waals surface area contributed by atoms with E-state index in [-0.39, 0.29) is 12.3 Å². The lowest BCUT2D eigenvalue weighted by Crippen LogP contribution is -2.24. The van der Waals surface area contributed by atoms with E-state index in [2.05, 4.69) is 32.5 Å². The molecule has 7 heteroatoms. The zero-order valence-corrected chi connectivity index (χ0v) is 18.3. The molecule has 0 amide bonds. The number of hydrogen-bond donors (Lipinski definition) is 3. The molecule has 166 valence electrons. The lowest BCUT2D eigenvalue weighted by Gasteiger charge is -2.08. The van der Waals surface area contributed by atoms with Crippen LogP contribution in [0, 0.1) is 11.8 Å². The van der Waals surface area contributed by atoms with Gasteiger partial charge in [0.1, 0.15) is 0 Å². The van der Waals surface area contributed by atoms with Gasteiger partial charge in [-0.25, -0.2) is 4.68 Å². The zero-order chi connectivity index (χ0) is 22.9. The highest BCUT2D eigenvalue weighted by atomic mass is 16.1. The second-order valence-corrected chi connectivity index (χ2v) is 7.64. The summed E-state index contributed by atoms with van der Waals surface area (Å²) in [5.74, 6) is 6.43. The summed E-state index contributed by atoms with van der Waals surface area (Å²) in [5.41, 5.74) is 11.0. The largest absolute Gasteiger partial charge is 0.326 e. The summed E-state index contributed by atoms with van der Waals surface area (Å²) in [6, 6.07) is 15.3. The molecule has 33 heavy (non-hydrogen) atoms. The normalized spacial score (nSPS) is 10.6. The molecule has 4 N–H and O–H groups in total. The molecule has 0 aliphatic rings. The number of carbonyl (C=O) groups excluding carboxylic acids is 1. The Morgan fingerprint density at radius 2 is 2.00 bits per heavy atom. The van der Waals surface area contributed by atoms with E-state index >= 15 is 0 Å². The third kappa shape index (κ3) is 6.04. The number of aromatic amines is 1. The molecule has 0 atom stereocenters. The second kappa shape index (κ2) is 11.0. The molecule has 4 rings (SSSR count). The van der Waals surface area contributed by atoms with Crippen molar-refractivity contribution in [3.63, 3.8) is 0 Å². The molecule has 0 aliphatic carbocycles. The molecule has 4 aromatic rings. The summed E-state index contributed by atoms with van der Waals surface area (Å²) >= 11 is 0. The molecule has 0 saturated heterocycles. The summed E-state index contributed by atoms with van der Waals surface area (Å²) in [7, 11) is 0. The Bertz CT molecular complexity index is 1230. The van der Waals surface area contributed by atoms with Gasteiger partial charge in [-0.15, -0.1) is 0 Å². The molecule has 0 spiro atoms. The van der Waals surface area contributed by atoms with E-state index in [9.17, 15) is 4.79 Å². The Kier molecular flexibility index (Phi) is 7.44. The summed E-state index contributed by atoms with van der Waals surface area (Å²) in [6.45, 7) is 1.53. The van der Waals surface area contributed by atoms with Crippen LogP contribution in [0.4, 0.5) is 0 Å². The van der Waals surface area contributed by atoms with Crippen molar-refractivity contribution in [3.05, 3.63) is 101 Å². The molecule has 2 heterocycles. The maximum absolute atomic E-state index is 12.8. The van der Waals surface area contributed by atoms with Gasteiger partial charge in [0.2, 0.25) is 0 Å². The predicted molar refractivity (Wildman–Crippen MR) is 128 cm³/mol. The Morgan fingerprint density at radius 1 is 1.12 bits per heavy atom. The van der Waals surface area contributed by atoms with Gasteiger partial charge in [-0.05, 0) is 66.9 Å². The van der Waals surface area contributed by atoms with Crippen LogP contribution in [-0.2, 0) is 13.0 Å². The summed E-state index contributed by atoms with van der Waals surface area (Å²) in [4.78, 5) is 12.8. The van der Waals surface area contributed by atoms with Gasteiger partial charge in [0.05, 0.1) is 24.0 Å². The van der Waals surface area contributed by atoms with Gasteiger partial charge in [0, 0.05) is 36.3 Å². The highest BCUT2D eigenvalue weighted by molar-refractivity contribution is 5.98. The number of rotatable bonds is 9. The number of H-pyrrole nitrogens is 1. The lowest BCUT2D eigenvalue weighted by atomic mass is 10.0. The fourth-order valence-corrected chi connectivity index (χ4v) is 3.42. The van der Waals surface area contributed by atoms with Gasteiger partial charge in [-0.1, -0.05) is 24.0 Å². The third-order valence-corrected chi connectivity index (χ3v) is 5.26. The Balaban J connectivity index is 1.46. The minimum atomic E-state index is 0.0284. The number of ketones is 1. The molecular formula is C26H26N6O. The number of hydrogen-bond acceptors (Lipinski definition) is 5. The Labute approximate surface area is 193 Å². The van der Waals surface area contributed by atoms with Crippen LogP contribution < -0.4 is 11.1 Å². The van der Waals surface area contributed by atoms with Crippen LogP contribution in [0.15, 0.2) is 73.3 Å². The number of nitrogens with two attached hydrogens (primary N) is 1. The van der Waals surface area contributed by atoms with Crippen molar-refractivity contribution in [1.82, 2.24) is 25.3 Å². The van der Waals surface area contributed by atoms with Gasteiger partial charge < -0.3 is 11.1 Å². The highest BCUT2D eigenvalue weighted by Crippen LogP contribution is 2.16. The standard InChI is InChI=1S/C26H26N6O/c27-16-21-6-4-20(5-7-21)8-9-23-15-24(10-11-25(23)32-14-2-13-31-32)26(33)19-28-12-1-3-22-17-29-30-18-22/h2,4-7,10-11,13-15,17-18,28H,1,3,12,16,19,27H2,(H,29,30). The first kappa shape index (κ1) is 22.2. The number of Topliss-reactive ketones (excluding diaryl/α,β-unsaturated/α-hetero) is 1. The average Bonchev–Trinajstić information content (AvgIpc) is 3.57. The van der Waals surface area contributed by atoms with Gasteiger partial charge in [-0.3, -0.25) is 9.89 Å². The summed E-state index contributed by atoms with van der Waals surface area (Å²) in [5, 5.41) is 14.3. The van der Waals surface area contributed by atoms with Crippen molar-refractivity contribution in [2.45, 2.75) is 19.4 Å². The van der Waals surface area contributed by atoms with Crippen LogP contribution in [0.5, 0.6) is 0 Å². The van der Waals surface area contributed by atoms with E-state index in [0.717, 1.165) is 41.8 Å². The average molecular weight is 439 g/mol. The van der Waals surface area contributed by atoms with E-state index in [1.165, 1.54) is 5.56 Å². The topological polar surface area (TPSA) is 102 Å². The van der Waals surface area contributed by atoms with Crippen LogP contribution in [0.1, 0.15) is 39.0 Å². The van der Waals surface area contributed by atoms with Crippen molar-refractivity contribution < 1.29 is 4.79 Å². The SMILES string of the molecule is NCc1ccc(C#Cc2cc(C(=O)CNCCCc3cn[nH]c3)ccc2-n2cccn2)cc1. The van der Waals surface area contributed by atoms with Gasteiger partial charge >= 0.3 is 0 Å².